The molecule has 1 aromatic heterocycles. The summed E-state index contributed by atoms with van der Waals surface area (Å²) in [5.41, 5.74) is 8.69. The maximum Gasteiger partial charge on any atom is 0.126 e. The quantitative estimate of drug-likeness (QED) is 0.774. The van der Waals surface area contributed by atoms with Gasteiger partial charge in [0, 0.05) is 12.6 Å². The van der Waals surface area contributed by atoms with E-state index in [1.54, 1.807) is 29.9 Å². The Morgan fingerprint density at radius 1 is 1.40 bits per heavy atom. The Bertz CT molecular complexity index is 483. The Morgan fingerprint density at radius 2 is 2.13 bits per heavy atom. The van der Waals surface area contributed by atoms with Crippen LogP contribution in [0.15, 0.2) is 24.4 Å². The molecule has 0 unspecified atom stereocenters. The lowest BCUT2D eigenvalue weighted by molar-refractivity contribution is 0.618. The molecule has 0 aliphatic carbocycles. The van der Waals surface area contributed by atoms with Gasteiger partial charge in [0.05, 0.1) is 17.6 Å². The molecule has 1 heterocycles. The van der Waals surface area contributed by atoms with E-state index in [1.165, 1.54) is 6.07 Å². The van der Waals surface area contributed by atoms with Crippen molar-refractivity contribution in [3.05, 3.63) is 35.8 Å². The second kappa shape index (κ2) is 3.38. The summed E-state index contributed by atoms with van der Waals surface area (Å²) in [5, 5.41) is 4.04. The fourth-order valence-corrected chi connectivity index (χ4v) is 1.60. The molecule has 15 heavy (non-hydrogen) atoms. The molecule has 0 radical (unpaired) electrons. The van der Waals surface area contributed by atoms with Gasteiger partial charge >= 0.3 is 0 Å². The Balaban J connectivity index is 2.59. The first-order chi connectivity index (χ1) is 7.09. The van der Waals surface area contributed by atoms with E-state index < -0.39 is 0 Å². The molecule has 0 bridgehead atoms. The van der Waals surface area contributed by atoms with E-state index in [2.05, 4.69) is 5.10 Å². The second-order valence-electron chi connectivity index (χ2n) is 3.54. The number of halogens is 1. The predicted molar refractivity (Wildman–Crippen MR) is 57.8 cm³/mol. The minimum Gasteiger partial charge on any atom is -0.396 e. The molecule has 0 aliphatic heterocycles. The minimum atomic E-state index is -0.209. The molecular formula is C11H12FN3. The first kappa shape index (κ1) is 9.71. The van der Waals surface area contributed by atoms with Crippen molar-refractivity contribution in [2.75, 3.05) is 5.73 Å². The molecule has 3 nitrogen and oxygen atoms in total. The highest BCUT2D eigenvalue weighted by Crippen LogP contribution is 2.26. The Labute approximate surface area is 87.3 Å². The van der Waals surface area contributed by atoms with Gasteiger partial charge in [0.25, 0.3) is 0 Å². The average molecular weight is 205 g/mol. The van der Waals surface area contributed by atoms with Crippen molar-refractivity contribution in [3.63, 3.8) is 0 Å². The third kappa shape index (κ3) is 1.58. The molecule has 0 aliphatic rings. The average Bonchev–Trinajstić information content (AvgIpc) is 2.52. The van der Waals surface area contributed by atoms with Crippen LogP contribution in [0.5, 0.6) is 0 Å². The number of benzene rings is 1. The molecular weight excluding hydrogens is 193 g/mol. The summed E-state index contributed by atoms with van der Waals surface area (Å²) in [6, 6.07) is 4.91. The van der Waals surface area contributed by atoms with Crippen molar-refractivity contribution in [2.45, 2.75) is 6.92 Å². The summed E-state index contributed by atoms with van der Waals surface area (Å²) in [4.78, 5) is 0. The zero-order chi connectivity index (χ0) is 11.0. The molecule has 2 aromatic rings. The number of rotatable bonds is 1. The lowest BCUT2D eigenvalue weighted by atomic mass is 10.1. The number of hydrogen-bond acceptors (Lipinski definition) is 2. The van der Waals surface area contributed by atoms with Crippen molar-refractivity contribution in [2.24, 2.45) is 7.05 Å². The maximum atomic E-state index is 13.1. The highest BCUT2D eigenvalue weighted by atomic mass is 19.1. The van der Waals surface area contributed by atoms with Crippen LogP contribution in [0.1, 0.15) is 5.56 Å². The van der Waals surface area contributed by atoms with Crippen LogP contribution in [-0.4, -0.2) is 9.78 Å². The molecule has 1 aromatic carbocycles. The molecule has 0 amide bonds. The van der Waals surface area contributed by atoms with Gasteiger partial charge in [-0.25, -0.2) is 4.39 Å². The number of aryl methyl sites for hydroxylation is 2. The van der Waals surface area contributed by atoms with Gasteiger partial charge in [-0.3, -0.25) is 4.68 Å². The van der Waals surface area contributed by atoms with Crippen LogP contribution >= 0.6 is 0 Å². The van der Waals surface area contributed by atoms with Gasteiger partial charge in [0.1, 0.15) is 5.82 Å². The first-order valence-corrected chi connectivity index (χ1v) is 4.63. The summed E-state index contributed by atoms with van der Waals surface area (Å²) in [5.74, 6) is -0.209. The van der Waals surface area contributed by atoms with Crippen LogP contribution in [0.4, 0.5) is 10.1 Å². The molecule has 2 rings (SSSR count). The SMILES string of the molecule is Cc1cc(-c2c(N)cnn2C)ccc1F. The van der Waals surface area contributed by atoms with Crippen molar-refractivity contribution >= 4 is 5.69 Å². The van der Waals surface area contributed by atoms with E-state index in [0.29, 0.717) is 11.3 Å². The van der Waals surface area contributed by atoms with Crippen LogP contribution < -0.4 is 5.73 Å². The number of hydrogen-bond donors (Lipinski definition) is 1. The Hall–Kier alpha value is -1.84. The fourth-order valence-electron chi connectivity index (χ4n) is 1.60. The van der Waals surface area contributed by atoms with Crippen LogP contribution in [0.3, 0.4) is 0 Å². The zero-order valence-corrected chi connectivity index (χ0v) is 8.66. The third-order valence-electron chi connectivity index (χ3n) is 2.40. The zero-order valence-electron chi connectivity index (χ0n) is 8.66. The van der Waals surface area contributed by atoms with Gasteiger partial charge in [-0.15, -0.1) is 0 Å². The third-order valence-corrected chi connectivity index (χ3v) is 2.40. The minimum absolute atomic E-state index is 0.209. The van der Waals surface area contributed by atoms with Crippen LogP contribution in [0, 0.1) is 12.7 Å². The molecule has 4 heteroatoms. The van der Waals surface area contributed by atoms with E-state index in [0.717, 1.165) is 11.3 Å². The van der Waals surface area contributed by atoms with E-state index in [9.17, 15) is 4.39 Å². The maximum absolute atomic E-state index is 13.1. The topological polar surface area (TPSA) is 43.8 Å². The highest BCUT2D eigenvalue weighted by Gasteiger charge is 2.09. The van der Waals surface area contributed by atoms with Gasteiger partial charge in [-0.2, -0.15) is 5.10 Å². The highest BCUT2D eigenvalue weighted by molar-refractivity contribution is 5.72. The number of nitrogens with two attached hydrogens (primary N) is 1. The first-order valence-electron chi connectivity index (χ1n) is 4.63. The summed E-state index contributed by atoms with van der Waals surface area (Å²) < 4.78 is 14.8. The monoisotopic (exact) mass is 205 g/mol. The molecule has 0 atom stereocenters. The summed E-state index contributed by atoms with van der Waals surface area (Å²) in [7, 11) is 1.81. The van der Waals surface area contributed by atoms with Gasteiger partial charge in [0.15, 0.2) is 0 Å². The Kier molecular flexibility index (Phi) is 2.19. The summed E-state index contributed by atoms with van der Waals surface area (Å²) in [6.45, 7) is 1.73. The largest absolute Gasteiger partial charge is 0.396 e. The van der Waals surface area contributed by atoms with Crippen molar-refractivity contribution in [1.82, 2.24) is 9.78 Å². The number of nitrogen functional groups attached to an aromatic ring is 1. The fraction of sp³-hybridized carbons (Fsp3) is 0.182. The molecule has 78 valence electrons. The van der Waals surface area contributed by atoms with Crippen molar-refractivity contribution in [3.8, 4) is 11.3 Å². The van der Waals surface area contributed by atoms with Crippen molar-refractivity contribution in [1.29, 1.82) is 0 Å². The van der Waals surface area contributed by atoms with Crippen molar-refractivity contribution < 1.29 is 4.39 Å². The summed E-state index contributed by atoms with van der Waals surface area (Å²) in [6.07, 6.45) is 1.59. The molecule has 0 spiro atoms. The molecule has 0 saturated carbocycles. The second-order valence-corrected chi connectivity index (χ2v) is 3.54. The lowest BCUT2D eigenvalue weighted by Crippen LogP contribution is -1.96. The summed E-state index contributed by atoms with van der Waals surface area (Å²) >= 11 is 0. The predicted octanol–water partition coefficient (Wildman–Crippen LogP) is 2.12. The van der Waals surface area contributed by atoms with Crippen LogP contribution in [-0.2, 0) is 7.05 Å². The standard InChI is InChI=1S/C11H12FN3/c1-7-5-8(3-4-9(7)12)11-10(13)6-14-15(11)2/h3-6H,13H2,1-2H3. The van der Waals surface area contributed by atoms with Gasteiger partial charge in [0.2, 0.25) is 0 Å². The number of anilines is 1. The number of aromatic nitrogens is 2. The number of nitrogens with zero attached hydrogens (tertiary/aromatic N) is 2. The van der Waals surface area contributed by atoms with Crippen LogP contribution in [0.2, 0.25) is 0 Å². The normalized spacial score (nSPS) is 10.6. The van der Waals surface area contributed by atoms with E-state index >= 15 is 0 Å². The van der Waals surface area contributed by atoms with E-state index in [-0.39, 0.29) is 5.82 Å². The van der Waals surface area contributed by atoms with Crippen LogP contribution in [0.25, 0.3) is 11.3 Å². The van der Waals surface area contributed by atoms with Gasteiger partial charge in [-0.05, 0) is 30.7 Å². The smallest absolute Gasteiger partial charge is 0.126 e. The Morgan fingerprint density at radius 3 is 2.67 bits per heavy atom. The lowest BCUT2D eigenvalue weighted by Gasteiger charge is -2.05. The van der Waals surface area contributed by atoms with E-state index in [1.807, 2.05) is 7.05 Å². The van der Waals surface area contributed by atoms with Gasteiger partial charge < -0.3 is 5.73 Å². The van der Waals surface area contributed by atoms with E-state index in [4.69, 9.17) is 5.73 Å². The molecule has 0 saturated heterocycles. The molecule has 2 N–H and O–H groups in total. The van der Waals surface area contributed by atoms with Gasteiger partial charge in [-0.1, -0.05) is 0 Å². The molecule has 0 fully saturated rings.